The third kappa shape index (κ3) is 3.03. The number of hydrogen-bond acceptors (Lipinski definition) is 1. The summed E-state index contributed by atoms with van der Waals surface area (Å²) in [6.45, 7) is 6.99. The zero-order valence-electron chi connectivity index (χ0n) is 11.1. The van der Waals surface area contributed by atoms with Crippen molar-refractivity contribution in [2.75, 3.05) is 18.0 Å². The van der Waals surface area contributed by atoms with Gasteiger partial charge in [-0.1, -0.05) is 47.4 Å². The van der Waals surface area contributed by atoms with E-state index in [1.807, 2.05) is 6.07 Å². The summed E-state index contributed by atoms with van der Waals surface area (Å²) in [5.74, 6) is 1.69. The number of nitrogens with zero attached hydrogens (tertiary/aromatic N) is 1. The predicted octanol–water partition coefficient (Wildman–Crippen LogP) is 5.11. The molecule has 1 aliphatic rings. The molecule has 0 aliphatic carbocycles. The summed E-state index contributed by atoms with van der Waals surface area (Å²) in [5.41, 5.74) is 2.53. The lowest BCUT2D eigenvalue weighted by molar-refractivity contribution is 0.311. The van der Waals surface area contributed by atoms with Crippen LogP contribution in [0.4, 0.5) is 5.69 Å². The van der Waals surface area contributed by atoms with Crippen LogP contribution in [0.3, 0.4) is 0 Å². The monoisotopic (exact) mass is 329 g/mol. The molecular formula is C15H21BrClN. The Morgan fingerprint density at radius 3 is 2.56 bits per heavy atom. The highest BCUT2D eigenvalue weighted by Gasteiger charge is 2.23. The molecule has 1 saturated heterocycles. The SMILES string of the molecule is CC(C)C1CCN(c2cccc(Cl)c2CBr)CC1. The fourth-order valence-electron chi connectivity index (χ4n) is 2.78. The van der Waals surface area contributed by atoms with Gasteiger partial charge in [-0.15, -0.1) is 0 Å². The molecule has 0 bridgehead atoms. The van der Waals surface area contributed by atoms with Gasteiger partial charge in [0.15, 0.2) is 0 Å². The van der Waals surface area contributed by atoms with E-state index in [1.54, 1.807) is 0 Å². The molecule has 1 nitrogen and oxygen atoms in total. The summed E-state index contributed by atoms with van der Waals surface area (Å²) < 4.78 is 0. The minimum absolute atomic E-state index is 0.808. The third-order valence-electron chi connectivity index (χ3n) is 4.05. The quantitative estimate of drug-likeness (QED) is 0.696. The summed E-state index contributed by atoms with van der Waals surface area (Å²) in [7, 11) is 0. The van der Waals surface area contributed by atoms with Crippen LogP contribution in [0.1, 0.15) is 32.3 Å². The van der Waals surface area contributed by atoms with Gasteiger partial charge in [-0.25, -0.2) is 0 Å². The first kappa shape index (κ1) is 14.2. The van der Waals surface area contributed by atoms with Gasteiger partial charge in [-0.05, 0) is 36.8 Å². The van der Waals surface area contributed by atoms with Crippen molar-refractivity contribution in [1.29, 1.82) is 0 Å². The summed E-state index contributed by atoms with van der Waals surface area (Å²) in [6.07, 6.45) is 2.60. The number of benzene rings is 1. The Balaban J connectivity index is 2.12. The van der Waals surface area contributed by atoms with Gasteiger partial charge >= 0.3 is 0 Å². The molecule has 0 radical (unpaired) electrons. The molecule has 0 amide bonds. The average Bonchev–Trinajstić information content (AvgIpc) is 2.38. The van der Waals surface area contributed by atoms with Gasteiger partial charge in [0, 0.05) is 34.7 Å². The lowest BCUT2D eigenvalue weighted by atomic mass is 9.86. The van der Waals surface area contributed by atoms with E-state index >= 15 is 0 Å². The van der Waals surface area contributed by atoms with Gasteiger partial charge < -0.3 is 4.90 Å². The summed E-state index contributed by atoms with van der Waals surface area (Å²) in [6, 6.07) is 6.22. The van der Waals surface area contributed by atoms with Crippen molar-refractivity contribution in [1.82, 2.24) is 0 Å². The Labute approximate surface area is 124 Å². The largest absolute Gasteiger partial charge is 0.371 e. The highest BCUT2D eigenvalue weighted by molar-refractivity contribution is 9.08. The summed E-state index contributed by atoms with van der Waals surface area (Å²) in [4.78, 5) is 2.49. The Morgan fingerprint density at radius 1 is 1.33 bits per heavy atom. The molecule has 0 aromatic heterocycles. The number of hydrogen-bond donors (Lipinski definition) is 0. The average molecular weight is 331 g/mol. The second kappa shape index (κ2) is 6.29. The van der Waals surface area contributed by atoms with Crippen LogP contribution in [0.5, 0.6) is 0 Å². The second-order valence-electron chi connectivity index (χ2n) is 5.44. The Kier molecular flexibility index (Phi) is 4.97. The maximum absolute atomic E-state index is 6.27. The van der Waals surface area contributed by atoms with Crippen LogP contribution in [-0.4, -0.2) is 13.1 Å². The van der Waals surface area contributed by atoms with Crippen LogP contribution in [0.15, 0.2) is 18.2 Å². The molecule has 0 atom stereocenters. The van der Waals surface area contributed by atoms with Crippen LogP contribution in [-0.2, 0) is 5.33 Å². The van der Waals surface area contributed by atoms with Crippen molar-refractivity contribution in [2.24, 2.45) is 11.8 Å². The van der Waals surface area contributed by atoms with E-state index in [0.29, 0.717) is 0 Å². The molecule has 1 fully saturated rings. The van der Waals surface area contributed by atoms with Gasteiger partial charge in [0.25, 0.3) is 0 Å². The number of anilines is 1. The van der Waals surface area contributed by atoms with Crippen LogP contribution >= 0.6 is 27.5 Å². The smallest absolute Gasteiger partial charge is 0.0467 e. The molecule has 1 aromatic rings. The molecule has 0 saturated carbocycles. The minimum atomic E-state index is 0.808. The van der Waals surface area contributed by atoms with Gasteiger partial charge in [0.05, 0.1) is 0 Å². The summed E-state index contributed by atoms with van der Waals surface area (Å²) in [5, 5.41) is 1.70. The summed E-state index contributed by atoms with van der Waals surface area (Å²) >= 11 is 9.82. The third-order valence-corrected chi connectivity index (χ3v) is 4.97. The van der Waals surface area contributed by atoms with Crippen LogP contribution in [0.2, 0.25) is 5.02 Å². The molecular weight excluding hydrogens is 310 g/mol. The second-order valence-corrected chi connectivity index (χ2v) is 6.41. The highest BCUT2D eigenvalue weighted by atomic mass is 79.9. The molecule has 18 heavy (non-hydrogen) atoms. The van der Waals surface area contributed by atoms with E-state index in [4.69, 9.17) is 11.6 Å². The molecule has 0 spiro atoms. The van der Waals surface area contributed by atoms with Crippen molar-refractivity contribution >= 4 is 33.2 Å². The first-order valence-electron chi connectivity index (χ1n) is 6.71. The fraction of sp³-hybridized carbons (Fsp3) is 0.600. The Morgan fingerprint density at radius 2 is 2.00 bits per heavy atom. The zero-order chi connectivity index (χ0) is 13.1. The molecule has 0 N–H and O–H groups in total. The fourth-order valence-corrected chi connectivity index (χ4v) is 3.77. The molecule has 1 heterocycles. The van der Waals surface area contributed by atoms with E-state index in [-0.39, 0.29) is 0 Å². The van der Waals surface area contributed by atoms with Crippen LogP contribution in [0, 0.1) is 11.8 Å². The Bertz CT molecular complexity index is 397. The normalized spacial score (nSPS) is 17.5. The number of rotatable bonds is 3. The standard InChI is InChI=1S/C15H21BrClN/c1-11(2)12-6-8-18(9-7-12)15-5-3-4-14(17)13(15)10-16/h3-5,11-12H,6-10H2,1-2H3. The number of alkyl halides is 1. The molecule has 3 heteroatoms. The minimum Gasteiger partial charge on any atom is -0.371 e. The van der Waals surface area contributed by atoms with Gasteiger partial charge in [0.2, 0.25) is 0 Å². The van der Waals surface area contributed by atoms with Crippen molar-refractivity contribution in [3.05, 3.63) is 28.8 Å². The maximum atomic E-state index is 6.27. The molecule has 1 aliphatic heterocycles. The van der Waals surface area contributed by atoms with E-state index in [1.165, 1.54) is 24.1 Å². The molecule has 1 aromatic carbocycles. The van der Waals surface area contributed by atoms with Crippen molar-refractivity contribution in [2.45, 2.75) is 32.0 Å². The maximum Gasteiger partial charge on any atom is 0.0467 e. The molecule has 2 rings (SSSR count). The van der Waals surface area contributed by atoms with Gasteiger partial charge in [-0.2, -0.15) is 0 Å². The van der Waals surface area contributed by atoms with Crippen molar-refractivity contribution in [3.63, 3.8) is 0 Å². The van der Waals surface area contributed by atoms with E-state index in [9.17, 15) is 0 Å². The lowest BCUT2D eigenvalue weighted by Gasteiger charge is -2.36. The Hall–Kier alpha value is -0.210. The topological polar surface area (TPSA) is 3.24 Å². The number of halogens is 2. The first-order valence-corrected chi connectivity index (χ1v) is 8.21. The highest BCUT2D eigenvalue weighted by Crippen LogP contribution is 2.33. The lowest BCUT2D eigenvalue weighted by Crippen LogP contribution is -2.35. The van der Waals surface area contributed by atoms with E-state index in [0.717, 1.165) is 35.3 Å². The van der Waals surface area contributed by atoms with Crippen molar-refractivity contribution in [3.8, 4) is 0 Å². The zero-order valence-corrected chi connectivity index (χ0v) is 13.5. The predicted molar refractivity (Wildman–Crippen MR) is 83.9 cm³/mol. The van der Waals surface area contributed by atoms with Crippen LogP contribution in [0.25, 0.3) is 0 Å². The van der Waals surface area contributed by atoms with Gasteiger partial charge in [-0.3, -0.25) is 0 Å². The van der Waals surface area contributed by atoms with E-state index in [2.05, 4.69) is 46.8 Å². The number of piperidine rings is 1. The van der Waals surface area contributed by atoms with E-state index < -0.39 is 0 Å². The van der Waals surface area contributed by atoms with Crippen molar-refractivity contribution < 1.29 is 0 Å². The van der Waals surface area contributed by atoms with Crippen LogP contribution < -0.4 is 4.90 Å². The first-order chi connectivity index (χ1) is 8.63. The molecule has 100 valence electrons. The molecule has 0 unspecified atom stereocenters. The van der Waals surface area contributed by atoms with Gasteiger partial charge in [0.1, 0.15) is 0 Å².